The number of alkyl halides is 3. The van der Waals surface area contributed by atoms with Gasteiger partial charge in [-0.2, -0.15) is 13.2 Å². The van der Waals surface area contributed by atoms with Crippen molar-refractivity contribution in [3.63, 3.8) is 0 Å². The van der Waals surface area contributed by atoms with Gasteiger partial charge >= 0.3 is 6.18 Å². The molecule has 0 fully saturated rings. The maximum absolute atomic E-state index is 12.6. The van der Waals surface area contributed by atoms with E-state index in [4.69, 9.17) is 17.3 Å². The van der Waals surface area contributed by atoms with Gasteiger partial charge in [-0.25, -0.2) is 0 Å². The summed E-state index contributed by atoms with van der Waals surface area (Å²) in [6.07, 6.45) is -0.534. The molecule has 0 aliphatic rings. The van der Waals surface area contributed by atoms with Gasteiger partial charge in [-0.05, 0) is 30.2 Å². The van der Waals surface area contributed by atoms with Gasteiger partial charge < -0.3 is 11.1 Å². The van der Waals surface area contributed by atoms with Crippen LogP contribution in [0.1, 0.15) is 11.1 Å². The number of halogens is 4. The Morgan fingerprint density at radius 2 is 1.87 bits per heavy atom. The molecule has 0 unspecified atom stereocenters. The molecule has 3 N–H and O–H groups in total. The lowest BCUT2D eigenvalue weighted by Crippen LogP contribution is -2.31. The fourth-order valence-electron chi connectivity index (χ4n) is 2.85. The Hall–Kier alpha value is -2.27. The highest BCUT2D eigenvalue weighted by Gasteiger charge is 2.29. The smallest absolute Gasteiger partial charge is 0.359 e. The van der Waals surface area contributed by atoms with Crippen molar-refractivity contribution in [2.75, 3.05) is 11.9 Å². The van der Waals surface area contributed by atoms with Gasteiger partial charge in [0.05, 0.1) is 20.2 Å². The molecule has 4 rings (SSSR count). The van der Waals surface area contributed by atoms with E-state index in [2.05, 4.69) is 20.5 Å². The van der Waals surface area contributed by atoms with Gasteiger partial charge in [0.25, 0.3) is 0 Å². The summed E-state index contributed by atoms with van der Waals surface area (Å²) in [5.41, 5.74) is 6.19. The highest BCUT2D eigenvalue weighted by atomic mass is 35.5. The Morgan fingerprint density at radius 1 is 1.10 bits per heavy atom. The number of aromatic nitrogens is 3. The van der Waals surface area contributed by atoms with Crippen LogP contribution in [0.15, 0.2) is 42.7 Å². The average Bonchev–Trinajstić information content (AvgIpc) is 3.34. The third kappa shape index (κ3) is 4.72. The number of pyridine rings is 1. The van der Waals surface area contributed by atoms with Gasteiger partial charge in [-0.15, -0.1) is 21.5 Å². The molecule has 3 aromatic heterocycles. The molecular formula is C19H15ClF3N5S2. The molecule has 1 atom stereocenters. The van der Waals surface area contributed by atoms with E-state index in [-0.39, 0.29) is 6.04 Å². The van der Waals surface area contributed by atoms with Gasteiger partial charge in [-0.3, -0.25) is 4.98 Å². The minimum atomic E-state index is -4.34. The Morgan fingerprint density at radius 3 is 2.57 bits per heavy atom. The Labute approximate surface area is 182 Å². The fourth-order valence-corrected chi connectivity index (χ4v) is 4.96. The molecule has 1 aromatic carbocycles. The van der Waals surface area contributed by atoms with Crippen LogP contribution in [0, 0.1) is 0 Å². The first-order chi connectivity index (χ1) is 14.3. The zero-order valence-corrected chi connectivity index (χ0v) is 17.7. The molecule has 11 heteroatoms. The number of anilines is 1. The number of hydrogen-bond acceptors (Lipinski definition) is 7. The van der Waals surface area contributed by atoms with Crippen LogP contribution in [-0.2, 0) is 12.6 Å². The van der Waals surface area contributed by atoms with E-state index in [1.807, 2.05) is 6.07 Å². The topological polar surface area (TPSA) is 76.7 Å². The lowest BCUT2D eigenvalue weighted by atomic mass is 10.0. The Balaban J connectivity index is 1.36. The standard InChI is InChI=1S/C19H15ClF3N5S2/c20-14-8-25-9-16-13(14)6-15(29-16)17-27-28-18(30-17)26-7-12(24)5-10-1-3-11(4-2-10)19(21,22)23/h1-4,6,8-9,12H,5,7,24H2,(H,26,28)/t12-/m0/s1. The zero-order valence-electron chi connectivity index (χ0n) is 15.3. The number of hydrogen-bond donors (Lipinski definition) is 2. The SMILES string of the molecule is N[C@H](CNc1nnc(-c2cc3c(Cl)cncc3s2)s1)Cc1ccc(C(F)(F)F)cc1. The summed E-state index contributed by atoms with van der Waals surface area (Å²) in [7, 11) is 0. The first-order valence-electron chi connectivity index (χ1n) is 8.82. The molecule has 30 heavy (non-hydrogen) atoms. The normalized spacial score (nSPS) is 13.0. The second kappa shape index (κ2) is 8.46. The molecule has 0 aliphatic heterocycles. The maximum Gasteiger partial charge on any atom is 0.416 e. The fraction of sp³-hybridized carbons (Fsp3) is 0.211. The van der Waals surface area contributed by atoms with Gasteiger partial charge in [0.2, 0.25) is 5.13 Å². The van der Waals surface area contributed by atoms with Crippen LogP contribution in [0.25, 0.3) is 20.0 Å². The maximum atomic E-state index is 12.6. The summed E-state index contributed by atoms with van der Waals surface area (Å²) in [5, 5.41) is 14.4. The molecule has 0 radical (unpaired) electrons. The molecule has 0 amide bonds. The van der Waals surface area contributed by atoms with Crippen LogP contribution >= 0.6 is 34.3 Å². The van der Waals surface area contributed by atoms with Crippen LogP contribution in [0.4, 0.5) is 18.3 Å². The second-order valence-electron chi connectivity index (χ2n) is 6.60. The molecule has 0 spiro atoms. The van der Waals surface area contributed by atoms with Crippen molar-refractivity contribution in [3.8, 4) is 9.88 Å². The Bertz CT molecular complexity index is 1160. The number of nitrogens with two attached hydrogens (primary N) is 1. The first kappa shape index (κ1) is 21.0. The third-order valence-electron chi connectivity index (χ3n) is 4.33. The summed E-state index contributed by atoms with van der Waals surface area (Å²) >= 11 is 9.10. The lowest BCUT2D eigenvalue weighted by molar-refractivity contribution is -0.137. The van der Waals surface area contributed by atoms with Crippen molar-refractivity contribution in [2.24, 2.45) is 5.73 Å². The van der Waals surface area contributed by atoms with Crippen molar-refractivity contribution in [1.29, 1.82) is 0 Å². The number of benzene rings is 1. The van der Waals surface area contributed by atoms with Crippen molar-refractivity contribution >= 4 is 49.5 Å². The summed E-state index contributed by atoms with van der Waals surface area (Å²) in [6.45, 7) is 0.415. The van der Waals surface area contributed by atoms with Crippen molar-refractivity contribution < 1.29 is 13.2 Å². The third-order valence-corrected chi connectivity index (χ3v) is 6.75. The molecule has 4 aromatic rings. The number of nitrogens with one attached hydrogen (secondary N) is 1. The highest BCUT2D eigenvalue weighted by Crippen LogP contribution is 2.38. The molecule has 156 valence electrons. The molecule has 0 saturated carbocycles. The van der Waals surface area contributed by atoms with E-state index < -0.39 is 11.7 Å². The Kier molecular flexibility index (Phi) is 5.92. The minimum Gasteiger partial charge on any atom is -0.359 e. The lowest BCUT2D eigenvalue weighted by Gasteiger charge is -2.13. The monoisotopic (exact) mass is 469 g/mol. The van der Waals surface area contributed by atoms with E-state index in [0.717, 1.165) is 37.7 Å². The number of rotatable bonds is 6. The molecule has 0 bridgehead atoms. The molecule has 3 heterocycles. The van der Waals surface area contributed by atoms with Crippen LogP contribution in [-0.4, -0.2) is 27.8 Å². The largest absolute Gasteiger partial charge is 0.416 e. The minimum absolute atomic E-state index is 0.289. The van der Waals surface area contributed by atoms with Gasteiger partial charge in [-0.1, -0.05) is 35.1 Å². The van der Waals surface area contributed by atoms with E-state index in [9.17, 15) is 13.2 Å². The quantitative estimate of drug-likeness (QED) is 0.391. The second-order valence-corrected chi connectivity index (χ2v) is 9.06. The van der Waals surface area contributed by atoms with Crippen molar-refractivity contribution in [2.45, 2.75) is 18.6 Å². The molecule has 5 nitrogen and oxygen atoms in total. The summed E-state index contributed by atoms with van der Waals surface area (Å²) in [5.74, 6) is 0. The zero-order chi connectivity index (χ0) is 21.3. The first-order valence-corrected chi connectivity index (χ1v) is 10.8. The predicted octanol–water partition coefficient (Wildman–Crippen LogP) is 5.47. The van der Waals surface area contributed by atoms with Crippen molar-refractivity contribution in [1.82, 2.24) is 15.2 Å². The van der Waals surface area contributed by atoms with E-state index in [0.29, 0.717) is 23.1 Å². The summed E-state index contributed by atoms with van der Waals surface area (Å²) < 4.78 is 38.9. The van der Waals surface area contributed by atoms with E-state index >= 15 is 0 Å². The molecular weight excluding hydrogens is 455 g/mol. The van der Waals surface area contributed by atoms with Crippen LogP contribution in [0.5, 0.6) is 0 Å². The summed E-state index contributed by atoms with van der Waals surface area (Å²) in [4.78, 5) is 5.03. The van der Waals surface area contributed by atoms with Crippen LogP contribution in [0.3, 0.4) is 0 Å². The number of fused-ring (bicyclic) bond motifs is 1. The molecule has 0 saturated heterocycles. The summed E-state index contributed by atoms with van der Waals surface area (Å²) in [6, 6.07) is 6.71. The van der Waals surface area contributed by atoms with Crippen LogP contribution in [0.2, 0.25) is 5.02 Å². The van der Waals surface area contributed by atoms with Crippen molar-refractivity contribution in [3.05, 3.63) is 58.9 Å². The molecule has 0 aliphatic carbocycles. The van der Waals surface area contributed by atoms with E-state index in [1.165, 1.54) is 34.8 Å². The van der Waals surface area contributed by atoms with Gasteiger partial charge in [0.1, 0.15) is 0 Å². The van der Waals surface area contributed by atoms with E-state index in [1.54, 1.807) is 12.4 Å². The van der Waals surface area contributed by atoms with Gasteiger partial charge in [0, 0.05) is 30.4 Å². The van der Waals surface area contributed by atoms with Gasteiger partial charge in [0.15, 0.2) is 5.01 Å². The number of thiophene rings is 1. The average molecular weight is 470 g/mol. The predicted molar refractivity (Wildman–Crippen MR) is 115 cm³/mol. The highest BCUT2D eigenvalue weighted by molar-refractivity contribution is 7.26. The van der Waals surface area contributed by atoms with Crippen LogP contribution < -0.4 is 11.1 Å². The number of nitrogens with zero attached hydrogens (tertiary/aromatic N) is 3.